The van der Waals surface area contributed by atoms with Gasteiger partial charge >= 0.3 is 5.69 Å². The summed E-state index contributed by atoms with van der Waals surface area (Å²) in [5, 5.41) is 21.2. The lowest BCUT2D eigenvalue weighted by atomic mass is 10.0. The lowest BCUT2D eigenvalue weighted by Gasteiger charge is -2.03. The van der Waals surface area contributed by atoms with Gasteiger partial charge in [-0.1, -0.05) is 48.0 Å². The number of aromatic amines is 1. The highest BCUT2D eigenvalue weighted by molar-refractivity contribution is 7.19. The van der Waals surface area contributed by atoms with E-state index >= 15 is 0 Å². The molecule has 0 spiro atoms. The number of aryl methyl sites for hydroxylation is 1. The second-order valence-corrected chi connectivity index (χ2v) is 8.10. The Kier molecular flexibility index (Phi) is 5.11. The quantitative estimate of drug-likeness (QED) is 0.330. The highest BCUT2D eigenvalue weighted by Gasteiger charge is 2.18. The van der Waals surface area contributed by atoms with Gasteiger partial charge in [0.25, 0.3) is 5.56 Å². The summed E-state index contributed by atoms with van der Waals surface area (Å²) in [5.74, 6) is -0.283. The SMILES string of the molecule is Cc1sc2nc(/C(Cl)=C/c3ccc(O)c([N+](=O)[O-])c3)[nH]c(=O)c2c1-c1ccccc1. The number of nitro groups is 1. The Morgan fingerprint density at radius 1 is 1.27 bits per heavy atom. The number of phenols is 1. The number of H-pyrrole nitrogens is 1. The van der Waals surface area contributed by atoms with Gasteiger partial charge in [0, 0.05) is 16.5 Å². The lowest BCUT2D eigenvalue weighted by Crippen LogP contribution is -2.10. The Bertz CT molecular complexity index is 1380. The van der Waals surface area contributed by atoms with Crippen LogP contribution in [0.15, 0.2) is 53.3 Å². The summed E-state index contributed by atoms with van der Waals surface area (Å²) in [7, 11) is 0. The topological polar surface area (TPSA) is 109 Å². The monoisotopic (exact) mass is 439 g/mol. The summed E-state index contributed by atoms with van der Waals surface area (Å²) in [4.78, 5) is 31.9. The van der Waals surface area contributed by atoms with E-state index in [1.807, 2.05) is 37.3 Å². The summed E-state index contributed by atoms with van der Waals surface area (Å²) in [6.45, 7) is 1.93. The third-order valence-corrected chi connectivity index (χ3v) is 5.80. The average Bonchev–Trinajstić information content (AvgIpc) is 3.06. The van der Waals surface area contributed by atoms with E-state index in [1.54, 1.807) is 0 Å². The minimum absolute atomic E-state index is 0.112. The molecule has 0 saturated carbocycles. The second-order valence-electron chi connectivity index (χ2n) is 6.49. The summed E-state index contributed by atoms with van der Waals surface area (Å²) in [6, 6.07) is 13.5. The van der Waals surface area contributed by atoms with Crippen molar-refractivity contribution in [3.63, 3.8) is 0 Å². The predicted molar refractivity (Wildman–Crippen MR) is 119 cm³/mol. The Morgan fingerprint density at radius 3 is 2.70 bits per heavy atom. The van der Waals surface area contributed by atoms with Gasteiger partial charge in [-0.15, -0.1) is 11.3 Å². The van der Waals surface area contributed by atoms with Gasteiger partial charge in [0.05, 0.1) is 15.3 Å². The Labute approximate surface area is 179 Å². The number of thiophene rings is 1. The molecule has 2 aromatic heterocycles. The normalized spacial score (nSPS) is 11.7. The Balaban J connectivity index is 1.81. The van der Waals surface area contributed by atoms with Crippen molar-refractivity contribution in [3.05, 3.63) is 85.3 Å². The largest absolute Gasteiger partial charge is 0.502 e. The number of phenolic OH excluding ortho intramolecular Hbond substituents is 1. The van der Waals surface area contributed by atoms with Gasteiger partial charge in [-0.25, -0.2) is 4.98 Å². The van der Waals surface area contributed by atoms with E-state index < -0.39 is 16.4 Å². The highest BCUT2D eigenvalue weighted by Crippen LogP contribution is 2.36. The molecule has 30 heavy (non-hydrogen) atoms. The van der Waals surface area contributed by atoms with Crippen molar-refractivity contribution in [2.24, 2.45) is 0 Å². The number of nitrogens with one attached hydrogen (secondary N) is 1. The molecule has 7 nitrogen and oxygen atoms in total. The number of rotatable bonds is 4. The van der Waals surface area contributed by atoms with Gasteiger partial charge in [-0.3, -0.25) is 14.9 Å². The summed E-state index contributed by atoms with van der Waals surface area (Å²) in [6.07, 6.45) is 1.44. The number of nitrogens with zero attached hydrogens (tertiary/aromatic N) is 2. The predicted octanol–water partition coefficient (Wildman–Crippen LogP) is 5.31. The number of fused-ring (bicyclic) bond motifs is 1. The van der Waals surface area contributed by atoms with Gasteiger partial charge in [0.15, 0.2) is 11.6 Å². The smallest absolute Gasteiger partial charge is 0.311 e. The van der Waals surface area contributed by atoms with Gasteiger partial charge in [-0.05, 0) is 30.2 Å². The molecular weight excluding hydrogens is 426 g/mol. The summed E-state index contributed by atoms with van der Waals surface area (Å²) in [5.41, 5.74) is 1.40. The third kappa shape index (κ3) is 3.58. The fourth-order valence-corrected chi connectivity index (χ4v) is 4.44. The number of aromatic hydroxyl groups is 1. The number of hydrogen-bond acceptors (Lipinski definition) is 6. The van der Waals surface area contributed by atoms with Crippen LogP contribution in [-0.4, -0.2) is 20.0 Å². The van der Waals surface area contributed by atoms with Crippen molar-refractivity contribution in [3.8, 4) is 16.9 Å². The number of halogens is 1. The molecule has 0 unspecified atom stereocenters. The number of aromatic nitrogens is 2. The summed E-state index contributed by atoms with van der Waals surface area (Å²) >= 11 is 7.74. The molecule has 0 aliphatic carbocycles. The standard InChI is InChI=1S/C21H14ClN3O4S/c1-11-17(13-5-3-2-4-6-13)18-20(27)23-19(24-21(18)30-11)14(22)9-12-7-8-16(26)15(10-12)25(28)29/h2-10,26H,1H3,(H,23,24,27)/b14-9-. The van der Waals surface area contributed by atoms with Crippen LogP contribution in [0.25, 0.3) is 32.5 Å². The Morgan fingerprint density at radius 2 is 2.00 bits per heavy atom. The van der Waals surface area contributed by atoms with E-state index in [-0.39, 0.29) is 16.4 Å². The molecule has 0 amide bonds. The van der Waals surface area contributed by atoms with Crippen LogP contribution in [-0.2, 0) is 0 Å². The van der Waals surface area contributed by atoms with Crippen LogP contribution in [0.2, 0.25) is 0 Å². The lowest BCUT2D eigenvalue weighted by molar-refractivity contribution is -0.385. The summed E-state index contributed by atoms with van der Waals surface area (Å²) < 4.78 is 0. The van der Waals surface area contributed by atoms with Crippen LogP contribution < -0.4 is 5.56 Å². The molecule has 0 bridgehead atoms. The zero-order chi connectivity index (χ0) is 21.4. The van der Waals surface area contributed by atoms with Gasteiger partial charge in [0.2, 0.25) is 0 Å². The zero-order valence-corrected chi connectivity index (χ0v) is 17.1. The maximum Gasteiger partial charge on any atom is 0.311 e. The first-order valence-electron chi connectivity index (χ1n) is 8.79. The van der Waals surface area contributed by atoms with Gasteiger partial charge < -0.3 is 10.1 Å². The fraction of sp³-hybridized carbons (Fsp3) is 0.0476. The maximum atomic E-state index is 12.9. The first kappa shape index (κ1) is 19.8. The van der Waals surface area contributed by atoms with Crippen molar-refractivity contribution in [2.45, 2.75) is 6.92 Å². The number of benzene rings is 2. The van der Waals surface area contributed by atoms with E-state index in [2.05, 4.69) is 9.97 Å². The van der Waals surface area contributed by atoms with E-state index in [0.717, 1.165) is 16.0 Å². The molecule has 2 heterocycles. The van der Waals surface area contributed by atoms with Gasteiger partial charge in [0.1, 0.15) is 4.83 Å². The van der Waals surface area contributed by atoms with E-state index in [0.29, 0.717) is 15.8 Å². The zero-order valence-electron chi connectivity index (χ0n) is 15.5. The van der Waals surface area contributed by atoms with Gasteiger partial charge in [-0.2, -0.15) is 0 Å². The molecule has 2 N–H and O–H groups in total. The van der Waals surface area contributed by atoms with Crippen LogP contribution in [0, 0.1) is 17.0 Å². The molecule has 150 valence electrons. The minimum Gasteiger partial charge on any atom is -0.502 e. The molecule has 0 aliphatic rings. The maximum absolute atomic E-state index is 12.9. The minimum atomic E-state index is -0.688. The second kappa shape index (κ2) is 7.74. The molecular formula is C21H14ClN3O4S. The first-order chi connectivity index (χ1) is 14.3. The molecule has 0 aliphatic heterocycles. The molecule has 4 aromatic rings. The molecule has 0 radical (unpaired) electrons. The van der Waals surface area contributed by atoms with Crippen LogP contribution in [0.5, 0.6) is 5.75 Å². The average molecular weight is 440 g/mol. The van der Waals surface area contributed by atoms with Crippen molar-refractivity contribution in [2.75, 3.05) is 0 Å². The molecule has 9 heteroatoms. The molecule has 4 rings (SSSR count). The highest BCUT2D eigenvalue weighted by atomic mass is 35.5. The van der Waals surface area contributed by atoms with Crippen molar-refractivity contribution < 1.29 is 10.0 Å². The van der Waals surface area contributed by atoms with Crippen molar-refractivity contribution in [1.82, 2.24) is 9.97 Å². The van der Waals surface area contributed by atoms with Crippen LogP contribution >= 0.6 is 22.9 Å². The van der Waals surface area contributed by atoms with Crippen LogP contribution in [0.4, 0.5) is 5.69 Å². The van der Waals surface area contributed by atoms with E-state index in [1.165, 1.54) is 35.6 Å². The van der Waals surface area contributed by atoms with E-state index in [4.69, 9.17) is 11.6 Å². The van der Waals surface area contributed by atoms with E-state index in [9.17, 15) is 20.0 Å². The first-order valence-corrected chi connectivity index (χ1v) is 9.98. The molecule has 0 fully saturated rings. The Hall–Kier alpha value is -3.49. The van der Waals surface area contributed by atoms with Crippen molar-refractivity contribution in [1.29, 1.82) is 0 Å². The van der Waals surface area contributed by atoms with Crippen LogP contribution in [0.3, 0.4) is 0 Å². The fourth-order valence-electron chi connectivity index (χ4n) is 3.18. The molecule has 0 saturated heterocycles. The molecule has 0 atom stereocenters. The van der Waals surface area contributed by atoms with Crippen LogP contribution in [0.1, 0.15) is 16.3 Å². The molecule has 2 aromatic carbocycles. The van der Waals surface area contributed by atoms with Crippen molar-refractivity contribution >= 4 is 50.0 Å². The number of nitro benzene ring substituents is 1. The third-order valence-electron chi connectivity index (χ3n) is 4.52. The number of hydrogen-bond donors (Lipinski definition) is 2.